The highest BCUT2D eigenvalue weighted by Crippen LogP contribution is 2.22. The minimum Gasteiger partial charge on any atom is -0.340 e. The van der Waals surface area contributed by atoms with Crippen molar-refractivity contribution >= 4 is 23.1 Å². The molecule has 1 aromatic heterocycles. The number of anilines is 3. The van der Waals surface area contributed by atoms with Gasteiger partial charge in [-0.2, -0.15) is 0 Å². The zero-order valence-electron chi connectivity index (χ0n) is 14.6. The largest absolute Gasteiger partial charge is 0.340 e. The highest BCUT2D eigenvalue weighted by atomic mass is 19.1. The highest BCUT2D eigenvalue weighted by molar-refractivity contribution is 6.04. The summed E-state index contributed by atoms with van der Waals surface area (Å²) in [6, 6.07) is 13.5. The molecule has 5 nitrogen and oxygen atoms in total. The average molecular weight is 350 g/mol. The number of aryl methyl sites for hydroxylation is 2. The van der Waals surface area contributed by atoms with Gasteiger partial charge in [0.05, 0.1) is 0 Å². The Morgan fingerprint density at radius 2 is 1.92 bits per heavy atom. The molecular weight excluding hydrogens is 331 g/mol. The SMILES string of the molecule is CCc1cccc(C)c1NC(=O)c1cc(Nc2cccc(F)c2)ncn1. The molecule has 3 aromatic rings. The van der Waals surface area contributed by atoms with Gasteiger partial charge in [-0.3, -0.25) is 4.79 Å². The molecule has 0 saturated carbocycles. The van der Waals surface area contributed by atoms with E-state index in [-0.39, 0.29) is 17.4 Å². The topological polar surface area (TPSA) is 66.9 Å². The predicted molar refractivity (Wildman–Crippen MR) is 100 cm³/mol. The molecule has 26 heavy (non-hydrogen) atoms. The lowest BCUT2D eigenvalue weighted by Crippen LogP contribution is -2.16. The number of para-hydroxylation sites is 1. The lowest BCUT2D eigenvalue weighted by molar-refractivity contribution is 0.102. The van der Waals surface area contributed by atoms with E-state index in [1.807, 2.05) is 32.0 Å². The molecule has 1 heterocycles. The molecule has 0 radical (unpaired) electrons. The Bertz CT molecular complexity index is 943. The zero-order valence-corrected chi connectivity index (χ0v) is 14.6. The van der Waals surface area contributed by atoms with Crippen molar-refractivity contribution in [1.82, 2.24) is 9.97 Å². The first-order chi connectivity index (χ1) is 12.6. The van der Waals surface area contributed by atoms with Crippen molar-refractivity contribution in [2.75, 3.05) is 10.6 Å². The van der Waals surface area contributed by atoms with E-state index in [0.29, 0.717) is 11.5 Å². The summed E-state index contributed by atoms with van der Waals surface area (Å²) in [7, 11) is 0. The van der Waals surface area contributed by atoms with Gasteiger partial charge in [-0.15, -0.1) is 0 Å². The van der Waals surface area contributed by atoms with Crippen LogP contribution in [0.2, 0.25) is 0 Å². The smallest absolute Gasteiger partial charge is 0.274 e. The number of carbonyl (C=O) groups excluding carboxylic acids is 1. The van der Waals surface area contributed by atoms with Crippen LogP contribution in [-0.2, 0) is 6.42 Å². The van der Waals surface area contributed by atoms with E-state index in [2.05, 4.69) is 20.6 Å². The summed E-state index contributed by atoms with van der Waals surface area (Å²) < 4.78 is 13.3. The Balaban J connectivity index is 1.81. The van der Waals surface area contributed by atoms with Crippen LogP contribution in [0.5, 0.6) is 0 Å². The van der Waals surface area contributed by atoms with Crippen LogP contribution >= 0.6 is 0 Å². The van der Waals surface area contributed by atoms with Gasteiger partial charge in [-0.1, -0.05) is 31.2 Å². The van der Waals surface area contributed by atoms with Crippen molar-refractivity contribution in [3.63, 3.8) is 0 Å². The van der Waals surface area contributed by atoms with Gasteiger partial charge in [-0.05, 0) is 42.7 Å². The van der Waals surface area contributed by atoms with E-state index >= 15 is 0 Å². The molecule has 0 aliphatic heterocycles. The third-order valence-electron chi connectivity index (χ3n) is 3.98. The molecule has 2 N–H and O–H groups in total. The Morgan fingerprint density at radius 1 is 1.12 bits per heavy atom. The van der Waals surface area contributed by atoms with Crippen molar-refractivity contribution in [1.29, 1.82) is 0 Å². The molecule has 0 fully saturated rings. The fourth-order valence-electron chi connectivity index (χ4n) is 2.64. The number of hydrogen-bond acceptors (Lipinski definition) is 4. The molecule has 0 aliphatic carbocycles. The van der Waals surface area contributed by atoms with Gasteiger partial charge < -0.3 is 10.6 Å². The summed E-state index contributed by atoms with van der Waals surface area (Å²) in [6.45, 7) is 3.99. The number of nitrogens with zero attached hydrogens (tertiary/aromatic N) is 2. The Hall–Kier alpha value is -3.28. The zero-order chi connectivity index (χ0) is 18.5. The van der Waals surface area contributed by atoms with Crippen LogP contribution in [0.15, 0.2) is 54.9 Å². The summed E-state index contributed by atoms with van der Waals surface area (Å²) in [5.74, 6) is -0.261. The molecule has 0 bridgehead atoms. The monoisotopic (exact) mass is 350 g/mol. The Labute approximate surface area is 151 Å². The van der Waals surface area contributed by atoms with Crippen LogP contribution in [-0.4, -0.2) is 15.9 Å². The quantitative estimate of drug-likeness (QED) is 0.712. The number of amides is 1. The van der Waals surface area contributed by atoms with E-state index in [9.17, 15) is 9.18 Å². The number of benzene rings is 2. The molecule has 132 valence electrons. The van der Waals surface area contributed by atoms with Gasteiger partial charge in [0, 0.05) is 17.4 Å². The van der Waals surface area contributed by atoms with E-state index in [4.69, 9.17) is 0 Å². The minimum absolute atomic E-state index is 0.226. The van der Waals surface area contributed by atoms with Gasteiger partial charge in [0.15, 0.2) is 0 Å². The van der Waals surface area contributed by atoms with Crippen LogP contribution in [0.25, 0.3) is 0 Å². The van der Waals surface area contributed by atoms with Crippen LogP contribution < -0.4 is 10.6 Å². The maximum atomic E-state index is 13.3. The van der Waals surface area contributed by atoms with Crippen LogP contribution in [0.3, 0.4) is 0 Å². The minimum atomic E-state index is -0.353. The fourth-order valence-corrected chi connectivity index (χ4v) is 2.64. The molecule has 1 amide bonds. The number of nitrogens with one attached hydrogen (secondary N) is 2. The molecular formula is C20H19FN4O. The number of hydrogen-bond donors (Lipinski definition) is 2. The van der Waals surface area contributed by atoms with E-state index < -0.39 is 0 Å². The fraction of sp³-hybridized carbons (Fsp3) is 0.150. The summed E-state index contributed by atoms with van der Waals surface area (Å²) in [6.07, 6.45) is 2.11. The van der Waals surface area contributed by atoms with Gasteiger partial charge in [-0.25, -0.2) is 14.4 Å². The summed E-state index contributed by atoms with van der Waals surface area (Å²) in [5.41, 5.74) is 3.63. The van der Waals surface area contributed by atoms with Crippen LogP contribution in [0.4, 0.5) is 21.6 Å². The van der Waals surface area contributed by atoms with Crippen molar-refractivity contribution in [2.45, 2.75) is 20.3 Å². The lowest BCUT2D eigenvalue weighted by Gasteiger charge is -2.13. The van der Waals surface area contributed by atoms with Gasteiger partial charge in [0.1, 0.15) is 23.7 Å². The molecule has 6 heteroatoms. The van der Waals surface area contributed by atoms with Crippen molar-refractivity contribution in [2.24, 2.45) is 0 Å². The highest BCUT2D eigenvalue weighted by Gasteiger charge is 2.13. The van der Waals surface area contributed by atoms with E-state index in [1.165, 1.54) is 24.5 Å². The first-order valence-corrected chi connectivity index (χ1v) is 8.31. The lowest BCUT2D eigenvalue weighted by atomic mass is 10.1. The van der Waals surface area contributed by atoms with Gasteiger partial charge >= 0.3 is 0 Å². The normalized spacial score (nSPS) is 10.4. The standard InChI is InChI=1S/C20H19FN4O/c1-3-14-7-4-6-13(2)19(14)25-20(26)17-11-18(23-12-22-17)24-16-9-5-8-15(21)10-16/h4-12H,3H2,1-2H3,(H,25,26)(H,22,23,24). The molecule has 0 aliphatic rings. The Kier molecular flexibility index (Phi) is 5.22. The van der Waals surface area contributed by atoms with Crippen molar-refractivity contribution in [3.8, 4) is 0 Å². The molecule has 0 spiro atoms. The maximum absolute atomic E-state index is 13.3. The van der Waals surface area contributed by atoms with Crippen LogP contribution in [0, 0.1) is 12.7 Å². The van der Waals surface area contributed by atoms with Crippen molar-refractivity contribution < 1.29 is 9.18 Å². The Morgan fingerprint density at radius 3 is 2.69 bits per heavy atom. The third kappa shape index (κ3) is 4.03. The predicted octanol–water partition coefficient (Wildman–Crippen LogP) is 4.48. The molecule has 0 atom stereocenters. The summed E-state index contributed by atoms with van der Waals surface area (Å²) >= 11 is 0. The number of aromatic nitrogens is 2. The first kappa shape index (κ1) is 17.5. The average Bonchev–Trinajstić information content (AvgIpc) is 2.63. The molecule has 0 unspecified atom stereocenters. The van der Waals surface area contributed by atoms with Gasteiger partial charge in [0.2, 0.25) is 0 Å². The molecule has 2 aromatic carbocycles. The second-order valence-electron chi connectivity index (χ2n) is 5.84. The van der Waals surface area contributed by atoms with Crippen molar-refractivity contribution in [3.05, 3.63) is 77.5 Å². The number of carbonyl (C=O) groups is 1. The maximum Gasteiger partial charge on any atom is 0.274 e. The second-order valence-corrected chi connectivity index (χ2v) is 5.84. The third-order valence-corrected chi connectivity index (χ3v) is 3.98. The van der Waals surface area contributed by atoms with E-state index in [0.717, 1.165) is 23.2 Å². The summed E-state index contributed by atoms with van der Waals surface area (Å²) in [5, 5.41) is 5.90. The van der Waals surface area contributed by atoms with E-state index in [1.54, 1.807) is 12.1 Å². The summed E-state index contributed by atoms with van der Waals surface area (Å²) in [4.78, 5) is 20.7. The van der Waals surface area contributed by atoms with Gasteiger partial charge in [0.25, 0.3) is 5.91 Å². The molecule has 3 rings (SSSR count). The number of halogens is 1. The molecule has 0 saturated heterocycles. The van der Waals surface area contributed by atoms with Crippen LogP contribution in [0.1, 0.15) is 28.5 Å². The second kappa shape index (κ2) is 7.74. The number of rotatable bonds is 5. The first-order valence-electron chi connectivity index (χ1n) is 8.31.